The van der Waals surface area contributed by atoms with E-state index in [1.165, 1.54) is 6.92 Å². The number of nitrogens with one attached hydrogen (secondary N) is 2. The molecule has 0 aliphatic heterocycles. The van der Waals surface area contributed by atoms with Crippen molar-refractivity contribution < 1.29 is 13.2 Å². The minimum Gasteiger partial charge on any atom is -0.278 e. The summed E-state index contributed by atoms with van der Waals surface area (Å²) >= 11 is 0. The van der Waals surface area contributed by atoms with Gasteiger partial charge >= 0.3 is 0 Å². The van der Waals surface area contributed by atoms with Gasteiger partial charge in [0.1, 0.15) is 0 Å². The molecule has 1 aromatic carbocycles. The summed E-state index contributed by atoms with van der Waals surface area (Å²) in [6.07, 6.45) is 0. The molecule has 16 heavy (non-hydrogen) atoms. The topological polar surface area (TPSA) is 75.3 Å². The molecule has 5 nitrogen and oxygen atoms in total. The minimum absolute atomic E-state index is 0.168. The summed E-state index contributed by atoms with van der Waals surface area (Å²) in [5.41, 5.74) is 3.52. The molecule has 1 aromatic rings. The maximum atomic E-state index is 11.8. The number of aryl methyl sites for hydroxylation is 2. The van der Waals surface area contributed by atoms with E-state index in [0.717, 1.165) is 5.56 Å². The first kappa shape index (κ1) is 12.7. The molecule has 0 spiro atoms. The number of hydrazine groups is 1. The third-order valence-electron chi connectivity index (χ3n) is 1.99. The van der Waals surface area contributed by atoms with Crippen molar-refractivity contribution in [1.29, 1.82) is 0 Å². The average Bonchev–Trinajstić information content (AvgIpc) is 2.19. The molecule has 0 aliphatic rings. The Labute approximate surface area is 94.9 Å². The highest BCUT2D eigenvalue weighted by molar-refractivity contribution is 7.89. The van der Waals surface area contributed by atoms with Gasteiger partial charge in [-0.25, -0.2) is 8.42 Å². The molecule has 2 N–H and O–H groups in total. The first-order valence-electron chi connectivity index (χ1n) is 4.68. The van der Waals surface area contributed by atoms with Crippen molar-refractivity contribution in [2.75, 3.05) is 0 Å². The van der Waals surface area contributed by atoms with Gasteiger partial charge in [0.2, 0.25) is 5.91 Å². The first-order valence-corrected chi connectivity index (χ1v) is 6.17. The van der Waals surface area contributed by atoms with Gasteiger partial charge in [-0.15, -0.1) is 4.83 Å². The molecule has 0 unspecified atom stereocenters. The van der Waals surface area contributed by atoms with Crippen molar-refractivity contribution in [2.24, 2.45) is 0 Å². The van der Waals surface area contributed by atoms with E-state index in [9.17, 15) is 13.2 Å². The highest BCUT2D eigenvalue weighted by Crippen LogP contribution is 2.15. The number of carbonyl (C=O) groups is 1. The molecule has 0 bridgehead atoms. The SMILES string of the molecule is CC(=O)NNS(=O)(=O)c1cc(C)ccc1C. The predicted octanol–water partition coefficient (Wildman–Crippen LogP) is 0.633. The monoisotopic (exact) mass is 242 g/mol. The molecule has 0 radical (unpaired) electrons. The quantitative estimate of drug-likeness (QED) is 0.763. The lowest BCUT2D eigenvalue weighted by Gasteiger charge is -2.09. The van der Waals surface area contributed by atoms with Gasteiger partial charge in [-0.3, -0.25) is 10.2 Å². The normalized spacial score (nSPS) is 11.2. The Balaban J connectivity index is 3.07. The van der Waals surface area contributed by atoms with Crippen LogP contribution in [0.3, 0.4) is 0 Å². The molecule has 1 rings (SSSR count). The van der Waals surface area contributed by atoms with Crippen LogP contribution in [0.15, 0.2) is 23.1 Å². The van der Waals surface area contributed by atoms with Crippen LogP contribution in [0.25, 0.3) is 0 Å². The molecule has 0 heterocycles. The molecule has 0 fully saturated rings. The van der Waals surface area contributed by atoms with Crippen molar-refractivity contribution >= 4 is 15.9 Å². The van der Waals surface area contributed by atoms with Crippen molar-refractivity contribution in [1.82, 2.24) is 10.3 Å². The van der Waals surface area contributed by atoms with E-state index in [1.54, 1.807) is 26.0 Å². The van der Waals surface area contributed by atoms with E-state index in [1.807, 2.05) is 10.9 Å². The van der Waals surface area contributed by atoms with Crippen LogP contribution in [0, 0.1) is 13.8 Å². The fraction of sp³-hybridized carbons (Fsp3) is 0.300. The van der Waals surface area contributed by atoms with Crippen LogP contribution in [0.2, 0.25) is 0 Å². The molecule has 1 amide bonds. The van der Waals surface area contributed by atoms with E-state index < -0.39 is 15.9 Å². The highest BCUT2D eigenvalue weighted by atomic mass is 32.2. The van der Waals surface area contributed by atoms with Gasteiger partial charge in [0.05, 0.1) is 4.90 Å². The number of carbonyl (C=O) groups excluding carboxylic acids is 1. The van der Waals surface area contributed by atoms with Crippen LogP contribution in [-0.2, 0) is 14.8 Å². The summed E-state index contributed by atoms with van der Waals surface area (Å²) in [4.78, 5) is 12.8. The number of amides is 1. The molecule has 0 aliphatic carbocycles. The second kappa shape index (κ2) is 4.63. The summed E-state index contributed by atoms with van der Waals surface area (Å²) in [7, 11) is -3.69. The number of hydrogen-bond acceptors (Lipinski definition) is 3. The number of benzene rings is 1. The van der Waals surface area contributed by atoms with Crippen molar-refractivity contribution in [3.8, 4) is 0 Å². The molecule has 0 saturated heterocycles. The Hall–Kier alpha value is -1.40. The lowest BCUT2D eigenvalue weighted by molar-refractivity contribution is -0.119. The van der Waals surface area contributed by atoms with Crippen LogP contribution in [0.5, 0.6) is 0 Å². The van der Waals surface area contributed by atoms with Gasteiger partial charge in [-0.2, -0.15) is 0 Å². The Kier molecular flexibility index (Phi) is 3.66. The lowest BCUT2D eigenvalue weighted by atomic mass is 10.2. The number of sulfonamides is 1. The Morgan fingerprint density at radius 2 is 1.88 bits per heavy atom. The lowest BCUT2D eigenvalue weighted by Crippen LogP contribution is -2.40. The zero-order valence-corrected chi connectivity index (χ0v) is 10.2. The third kappa shape index (κ3) is 3.04. The largest absolute Gasteiger partial charge is 0.278 e. The fourth-order valence-electron chi connectivity index (χ4n) is 1.19. The minimum atomic E-state index is -3.69. The van der Waals surface area contributed by atoms with Gasteiger partial charge in [0, 0.05) is 6.92 Å². The van der Waals surface area contributed by atoms with Crippen LogP contribution in [0.4, 0.5) is 0 Å². The van der Waals surface area contributed by atoms with Crippen molar-refractivity contribution in [3.05, 3.63) is 29.3 Å². The van der Waals surface area contributed by atoms with Crippen LogP contribution in [-0.4, -0.2) is 14.3 Å². The molecule has 0 saturated carbocycles. The average molecular weight is 242 g/mol. The van der Waals surface area contributed by atoms with Gasteiger partial charge in [0.25, 0.3) is 10.0 Å². The summed E-state index contributed by atoms with van der Waals surface area (Å²) in [6, 6.07) is 5.10. The maximum absolute atomic E-state index is 11.8. The zero-order valence-electron chi connectivity index (χ0n) is 9.37. The third-order valence-corrected chi connectivity index (χ3v) is 3.38. The van der Waals surface area contributed by atoms with Crippen molar-refractivity contribution in [3.63, 3.8) is 0 Å². The molecule has 0 atom stereocenters. The van der Waals surface area contributed by atoms with Gasteiger partial charge < -0.3 is 0 Å². The molecular weight excluding hydrogens is 228 g/mol. The Morgan fingerprint density at radius 3 is 2.44 bits per heavy atom. The second-order valence-corrected chi connectivity index (χ2v) is 5.21. The maximum Gasteiger partial charge on any atom is 0.257 e. The molecule has 0 aromatic heterocycles. The summed E-state index contributed by atoms with van der Waals surface area (Å²) in [5, 5.41) is 0. The van der Waals surface area contributed by atoms with E-state index in [-0.39, 0.29) is 4.90 Å². The molecule has 6 heteroatoms. The predicted molar refractivity (Wildman–Crippen MR) is 60.1 cm³/mol. The first-order chi connectivity index (χ1) is 7.33. The van der Waals surface area contributed by atoms with E-state index in [4.69, 9.17) is 0 Å². The molecular formula is C10H14N2O3S. The van der Waals surface area contributed by atoms with Crippen molar-refractivity contribution in [2.45, 2.75) is 25.7 Å². The van der Waals surface area contributed by atoms with Gasteiger partial charge in [0.15, 0.2) is 0 Å². The van der Waals surface area contributed by atoms with Crippen LogP contribution in [0.1, 0.15) is 18.1 Å². The standard InChI is InChI=1S/C10H14N2O3S/c1-7-4-5-8(2)10(6-7)16(14,15)12-11-9(3)13/h4-6,12H,1-3H3,(H,11,13). The van der Waals surface area contributed by atoms with Crippen LogP contribution >= 0.6 is 0 Å². The van der Waals surface area contributed by atoms with E-state index >= 15 is 0 Å². The van der Waals surface area contributed by atoms with E-state index in [0.29, 0.717) is 5.56 Å². The zero-order chi connectivity index (χ0) is 12.3. The Bertz CT molecular complexity index is 509. The smallest absolute Gasteiger partial charge is 0.257 e. The number of rotatable bonds is 3. The van der Waals surface area contributed by atoms with E-state index in [2.05, 4.69) is 5.43 Å². The summed E-state index contributed by atoms with van der Waals surface area (Å²) in [6.45, 7) is 4.73. The highest BCUT2D eigenvalue weighted by Gasteiger charge is 2.16. The Morgan fingerprint density at radius 1 is 1.25 bits per heavy atom. The second-order valence-electron chi connectivity index (χ2n) is 3.56. The van der Waals surface area contributed by atoms with Crippen LogP contribution < -0.4 is 10.3 Å². The summed E-state index contributed by atoms with van der Waals surface area (Å²) < 4.78 is 23.6. The summed E-state index contributed by atoms with van der Waals surface area (Å²) in [5.74, 6) is -0.464. The fourth-order valence-corrected chi connectivity index (χ4v) is 2.41. The number of hydrogen-bond donors (Lipinski definition) is 2. The van der Waals surface area contributed by atoms with Gasteiger partial charge in [-0.05, 0) is 31.0 Å². The van der Waals surface area contributed by atoms with Gasteiger partial charge in [-0.1, -0.05) is 12.1 Å². The molecule has 88 valence electrons.